The molecule has 2 N–H and O–H groups in total. The number of hydrogen-bond donors (Lipinski definition) is 2. The van der Waals surface area contributed by atoms with Crippen molar-refractivity contribution >= 4 is 33.5 Å². The predicted octanol–water partition coefficient (Wildman–Crippen LogP) is 3.72. The molecule has 1 heterocycles. The number of fused-ring (bicyclic) bond motifs is 1. The molecule has 0 spiro atoms. The van der Waals surface area contributed by atoms with Gasteiger partial charge >= 0.3 is 0 Å². The standard InChI is InChI=1S/C17H19N3O2S.ClH/c1-3-14(17-18-15-6-4-5-7-16(15)19-17)20-23(21,22)13-10-8-12(2)9-11-13;/h4-11,14,20H,3H2,1-2H3,(H,18,19);1H. The van der Waals surface area contributed by atoms with Crippen LogP contribution in [0.1, 0.15) is 30.8 Å². The van der Waals surface area contributed by atoms with E-state index in [1.165, 1.54) is 0 Å². The van der Waals surface area contributed by atoms with E-state index in [1.807, 2.05) is 38.1 Å². The summed E-state index contributed by atoms with van der Waals surface area (Å²) in [4.78, 5) is 7.95. The van der Waals surface area contributed by atoms with Crippen molar-refractivity contribution in [3.05, 3.63) is 59.9 Å². The van der Waals surface area contributed by atoms with Crippen molar-refractivity contribution in [2.24, 2.45) is 0 Å². The minimum Gasteiger partial charge on any atom is -0.341 e. The van der Waals surface area contributed by atoms with E-state index < -0.39 is 16.1 Å². The minimum atomic E-state index is -3.58. The fraction of sp³-hybridized carbons (Fsp3) is 0.235. The maximum absolute atomic E-state index is 12.5. The molecule has 0 saturated carbocycles. The average molecular weight is 366 g/mol. The monoisotopic (exact) mass is 365 g/mol. The van der Waals surface area contributed by atoms with E-state index in [2.05, 4.69) is 14.7 Å². The van der Waals surface area contributed by atoms with Crippen LogP contribution in [0.3, 0.4) is 0 Å². The van der Waals surface area contributed by atoms with Gasteiger partial charge in [0.15, 0.2) is 0 Å². The van der Waals surface area contributed by atoms with Gasteiger partial charge in [-0.3, -0.25) is 0 Å². The lowest BCUT2D eigenvalue weighted by molar-refractivity contribution is 0.540. The number of para-hydroxylation sites is 2. The minimum absolute atomic E-state index is 0. The zero-order valence-electron chi connectivity index (χ0n) is 13.5. The van der Waals surface area contributed by atoms with Gasteiger partial charge in [0, 0.05) is 0 Å². The molecule has 5 nitrogen and oxygen atoms in total. The summed E-state index contributed by atoms with van der Waals surface area (Å²) in [6.45, 7) is 3.85. The van der Waals surface area contributed by atoms with Gasteiger partial charge in [-0.05, 0) is 37.6 Å². The topological polar surface area (TPSA) is 74.8 Å². The molecule has 0 aliphatic carbocycles. The van der Waals surface area contributed by atoms with Crippen molar-refractivity contribution in [3.63, 3.8) is 0 Å². The number of hydrogen-bond acceptors (Lipinski definition) is 3. The number of sulfonamides is 1. The molecule has 3 aromatic rings. The molecule has 1 atom stereocenters. The number of aryl methyl sites for hydroxylation is 1. The van der Waals surface area contributed by atoms with Crippen LogP contribution >= 0.6 is 12.4 Å². The molecule has 7 heteroatoms. The lowest BCUT2D eigenvalue weighted by atomic mass is 10.2. The summed E-state index contributed by atoms with van der Waals surface area (Å²) in [6, 6.07) is 14.1. The lowest BCUT2D eigenvalue weighted by Gasteiger charge is -2.15. The molecular weight excluding hydrogens is 346 g/mol. The highest BCUT2D eigenvalue weighted by Crippen LogP contribution is 2.21. The Morgan fingerprint density at radius 1 is 1.12 bits per heavy atom. The second kappa shape index (κ2) is 7.34. The Morgan fingerprint density at radius 2 is 1.79 bits per heavy atom. The molecule has 0 amide bonds. The SMILES string of the molecule is CCC(NS(=O)(=O)c1ccc(C)cc1)c1nc2ccccc2[nH]1.Cl. The molecule has 0 radical (unpaired) electrons. The third-order valence-corrected chi connectivity index (χ3v) is 5.26. The molecule has 0 aliphatic heterocycles. The quantitative estimate of drug-likeness (QED) is 0.723. The second-order valence-electron chi connectivity index (χ2n) is 5.53. The van der Waals surface area contributed by atoms with Crippen molar-refractivity contribution < 1.29 is 8.42 Å². The first kappa shape index (κ1) is 18.4. The fourth-order valence-electron chi connectivity index (χ4n) is 2.44. The van der Waals surface area contributed by atoms with E-state index >= 15 is 0 Å². The highest BCUT2D eigenvalue weighted by Gasteiger charge is 2.22. The van der Waals surface area contributed by atoms with E-state index in [1.54, 1.807) is 24.3 Å². The highest BCUT2D eigenvalue weighted by atomic mass is 35.5. The van der Waals surface area contributed by atoms with Crippen LogP contribution in [0, 0.1) is 6.92 Å². The molecule has 1 unspecified atom stereocenters. The van der Waals surface area contributed by atoms with Gasteiger partial charge in [-0.15, -0.1) is 12.4 Å². The summed E-state index contributed by atoms with van der Waals surface area (Å²) in [7, 11) is -3.58. The summed E-state index contributed by atoms with van der Waals surface area (Å²) in [5.74, 6) is 0.629. The van der Waals surface area contributed by atoms with Crippen LogP contribution in [0.15, 0.2) is 53.4 Å². The molecule has 3 rings (SSSR count). The zero-order chi connectivity index (χ0) is 16.4. The number of imidazole rings is 1. The van der Waals surface area contributed by atoms with E-state index in [0.29, 0.717) is 12.2 Å². The van der Waals surface area contributed by atoms with Crippen molar-refractivity contribution in [2.75, 3.05) is 0 Å². The van der Waals surface area contributed by atoms with Gasteiger partial charge in [0.1, 0.15) is 5.82 Å². The Labute approximate surface area is 148 Å². The molecule has 0 fully saturated rings. The number of nitrogens with zero attached hydrogens (tertiary/aromatic N) is 1. The van der Waals surface area contributed by atoms with Crippen LogP contribution in [0.5, 0.6) is 0 Å². The Balaban J connectivity index is 0.00000208. The predicted molar refractivity (Wildman–Crippen MR) is 97.9 cm³/mol. The van der Waals surface area contributed by atoms with Crippen molar-refractivity contribution in [1.29, 1.82) is 0 Å². The third-order valence-electron chi connectivity index (χ3n) is 3.77. The molecule has 0 bridgehead atoms. The number of aromatic amines is 1. The van der Waals surface area contributed by atoms with Crippen molar-refractivity contribution in [3.8, 4) is 0 Å². The van der Waals surface area contributed by atoms with Crippen LogP contribution in [-0.4, -0.2) is 18.4 Å². The third kappa shape index (κ3) is 3.77. The van der Waals surface area contributed by atoms with Crippen LogP contribution in [0.4, 0.5) is 0 Å². The first-order chi connectivity index (χ1) is 11.0. The number of nitrogens with one attached hydrogen (secondary N) is 2. The number of halogens is 1. The van der Waals surface area contributed by atoms with E-state index in [9.17, 15) is 8.42 Å². The summed E-state index contributed by atoms with van der Waals surface area (Å²) >= 11 is 0. The van der Waals surface area contributed by atoms with Gasteiger partial charge in [-0.1, -0.05) is 36.8 Å². The zero-order valence-corrected chi connectivity index (χ0v) is 15.1. The maximum atomic E-state index is 12.5. The normalized spacial score (nSPS) is 12.8. The Kier molecular flexibility index (Phi) is 5.64. The van der Waals surface area contributed by atoms with Gasteiger partial charge in [-0.2, -0.15) is 0 Å². The number of benzene rings is 2. The largest absolute Gasteiger partial charge is 0.341 e. The molecule has 128 valence electrons. The van der Waals surface area contributed by atoms with Gasteiger partial charge in [0.05, 0.1) is 22.0 Å². The fourth-order valence-corrected chi connectivity index (χ4v) is 3.73. The van der Waals surface area contributed by atoms with Gasteiger partial charge < -0.3 is 4.98 Å². The lowest BCUT2D eigenvalue weighted by Crippen LogP contribution is -2.29. The number of H-pyrrole nitrogens is 1. The van der Waals surface area contributed by atoms with Crippen LogP contribution in [-0.2, 0) is 10.0 Å². The van der Waals surface area contributed by atoms with E-state index in [-0.39, 0.29) is 17.3 Å². The van der Waals surface area contributed by atoms with E-state index in [0.717, 1.165) is 16.6 Å². The highest BCUT2D eigenvalue weighted by molar-refractivity contribution is 7.89. The Morgan fingerprint density at radius 3 is 2.42 bits per heavy atom. The van der Waals surface area contributed by atoms with Crippen LogP contribution < -0.4 is 4.72 Å². The smallest absolute Gasteiger partial charge is 0.241 e. The maximum Gasteiger partial charge on any atom is 0.241 e. The Bertz CT molecular complexity index is 887. The van der Waals surface area contributed by atoms with Crippen molar-refractivity contribution in [2.45, 2.75) is 31.2 Å². The first-order valence-electron chi connectivity index (χ1n) is 7.53. The number of aromatic nitrogens is 2. The summed E-state index contributed by atoms with van der Waals surface area (Å²) in [6.07, 6.45) is 0.602. The molecule has 1 aromatic heterocycles. The van der Waals surface area contributed by atoms with Crippen LogP contribution in [0.25, 0.3) is 11.0 Å². The van der Waals surface area contributed by atoms with Crippen LogP contribution in [0.2, 0.25) is 0 Å². The first-order valence-corrected chi connectivity index (χ1v) is 9.01. The molecular formula is C17H20ClN3O2S. The van der Waals surface area contributed by atoms with Gasteiger partial charge in [0.25, 0.3) is 0 Å². The van der Waals surface area contributed by atoms with Crippen molar-refractivity contribution in [1.82, 2.24) is 14.7 Å². The van der Waals surface area contributed by atoms with E-state index in [4.69, 9.17) is 0 Å². The molecule has 0 saturated heterocycles. The summed E-state index contributed by atoms with van der Waals surface area (Å²) in [5, 5.41) is 0. The summed E-state index contributed by atoms with van der Waals surface area (Å²) in [5.41, 5.74) is 2.75. The molecule has 2 aromatic carbocycles. The number of rotatable bonds is 5. The second-order valence-corrected chi connectivity index (χ2v) is 7.25. The molecule has 0 aliphatic rings. The van der Waals surface area contributed by atoms with Gasteiger partial charge in [0.2, 0.25) is 10.0 Å². The molecule has 24 heavy (non-hydrogen) atoms. The summed E-state index contributed by atoms with van der Waals surface area (Å²) < 4.78 is 27.8. The average Bonchev–Trinajstić information content (AvgIpc) is 2.97. The van der Waals surface area contributed by atoms with Gasteiger partial charge in [-0.25, -0.2) is 18.1 Å². The Hall–Kier alpha value is -1.89.